The standard InChI is InChI=1S/C14H22N2O/c1-2-3-4-5-10-14(17)16-11-12-8-6-7-9-13(12)15/h6-9H,2-5,10-11,15H2,1H3,(H,16,17). The van der Waals surface area contributed by atoms with Gasteiger partial charge in [-0.3, -0.25) is 4.79 Å². The number of rotatable bonds is 7. The second-order valence-electron chi connectivity index (χ2n) is 4.29. The molecule has 0 bridgehead atoms. The van der Waals surface area contributed by atoms with E-state index in [2.05, 4.69) is 12.2 Å². The summed E-state index contributed by atoms with van der Waals surface area (Å²) in [6.07, 6.45) is 5.13. The molecule has 17 heavy (non-hydrogen) atoms. The maximum Gasteiger partial charge on any atom is 0.220 e. The first-order valence-electron chi connectivity index (χ1n) is 6.34. The fraction of sp³-hybridized carbons (Fsp3) is 0.500. The first-order valence-corrected chi connectivity index (χ1v) is 6.34. The Morgan fingerprint density at radius 3 is 2.71 bits per heavy atom. The quantitative estimate of drug-likeness (QED) is 0.563. The van der Waals surface area contributed by atoms with E-state index >= 15 is 0 Å². The zero-order valence-electron chi connectivity index (χ0n) is 10.5. The number of carbonyl (C=O) groups is 1. The van der Waals surface area contributed by atoms with Gasteiger partial charge in [-0.15, -0.1) is 0 Å². The number of benzene rings is 1. The Balaban J connectivity index is 2.22. The summed E-state index contributed by atoms with van der Waals surface area (Å²) >= 11 is 0. The van der Waals surface area contributed by atoms with Gasteiger partial charge in [-0.1, -0.05) is 44.4 Å². The van der Waals surface area contributed by atoms with Crippen LogP contribution in [0.5, 0.6) is 0 Å². The predicted octanol–water partition coefficient (Wildman–Crippen LogP) is 2.86. The van der Waals surface area contributed by atoms with Crippen LogP contribution in [-0.4, -0.2) is 5.91 Å². The summed E-state index contributed by atoms with van der Waals surface area (Å²) in [5, 5.41) is 2.90. The molecule has 0 fully saturated rings. The van der Waals surface area contributed by atoms with Gasteiger partial charge in [0.1, 0.15) is 0 Å². The van der Waals surface area contributed by atoms with E-state index in [0.717, 1.165) is 24.1 Å². The van der Waals surface area contributed by atoms with Gasteiger partial charge in [0.15, 0.2) is 0 Å². The first kappa shape index (κ1) is 13.6. The number of anilines is 1. The van der Waals surface area contributed by atoms with E-state index in [1.165, 1.54) is 12.8 Å². The van der Waals surface area contributed by atoms with Crippen LogP contribution < -0.4 is 11.1 Å². The summed E-state index contributed by atoms with van der Waals surface area (Å²) in [5.74, 6) is 0.115. The van der Waals surface area contributed by atoms with Gasteiger partial charge in [0, 0.05) is 18.7 Å². The molecule has 3 N–H and O–H groups in total. The van der Waals surface area contributed by atoms with E-state index in [-0.39, 0.29) is 5.91 Å². The number of carbonyl (C=O) groups excluding carboxylic acids is 1. The summed E-state index contributed by atoms with van der Waals surface area (Å²) in [6, 6.07) is 7.61. The lowest BCUT2D eigenvalue weighted by molar-refractivity contribution is -0.121. The van der Waals surface area contributed by atoms with Crippen molar-refractivity contribution in [2.24, 2.45) is 0 Å². The molecule has 3 nitrogen and oxygen atoms in total. The third kappa shape index (κ3) is 5.38. The van der Waals surface area contributed by atoms with E-state index < -0.39 is 0 Å². The summed E-state index contributed by atoms with van der Waals surface area (Å²) in [5.41, 5.74) is 7.51. The highest BCUT2D eigenvalue weighted by Gasteiger charge is 2.02. The van der Waals surface area contributed by atoms with Crippen molar-refractivity contribution in [3.63, 3.8) is 0 Å². The molecule has 0 atom stereocenters. The number of amides is 1. The zero-order valence-corrected chi connectivity index (χ0v) is 10.5. The van der Waals surface area contributed by atoms with Crippen molar-refractivity contribution in [3.8, 4) is 0 Å². The Morgan fingerprint density at radius 2 is 2.00 bits per heavy atom. The molecule has 0 radical (unpaired) electrons. The van der Waals surface area contributed by atoms with E-state index in [0.29, 0.717) is 13.0 Å². The number of nitrogens with two attached hydrogens (primary N) is 1. The average Bonchev–Trinajstić information content (AvgIpc) is 2.34. The Bertz CT molecular complexity index is 350. The molecular formula is C14H22N2O. The third-order valence-electron chi connectivity index (χ3n) is 2.79. The lowest BCUT2D eigenvalue weighted by Gasteiger charge is -2.07. The largest absolute Gasteiger partial charge is 0.398 e. The fourth-order valence-corrected chi connectivity index (χ4v) is 1.69. The summed E-state index contributed by atoms with van der Waals surface area (Å²) < 4.78 is 0. The molecule has 1 aromatic carbocycles. The maximum absolute atomic E-state index is 11.5. The average molecular weight is 234 g/mol. The van der Waals surface area contributed by atoms with Crippen LogP contribution >= 0.6 is 0 Å². The van der Waals surface area contributed by atoms with E-state index in [4.69, 9.17) is 5.73 Å². The molecule has 0 aromatic heterocycles. The van der Waals surface area contributed by atoms with Gasteiger partial charge in [0.25, 0.3) is 0 Å². The minimum atomic E-state index is 0.115. The molecule has 1 rings (SSSR count). The molecule has 1 aromatic rings. The molecule has 0 aliphatic heterocycles. The second-order valence-corrected chi connectivity index (χ2v) is 4.29. The first-order chi connectivity index (χ1) is 8.24. The van der Waals surface area contributed by atoms with Gasteiger partial charge in [-0.25, -0.2) is 0 Å². The Labute approximate surface area is 103 Å². The Morgan fingerprint density at radius 1 is 1.24 bits per heavy atom. The van der Waals surface area contributed by atoms with Crippen molar-refractivity contribution in [2.45, 2.75) is 45.6 Å². The lowest BCUT2D eigenvalue weighted by atomic mass is 10.1. The molecule has 0 saturated heterocycles. The zero-order chi connectivity index (χ0) is 12.5. The molecule has 3 heteroatoms. The molecular weight excluding hydrogens is 212 g/mol. The van der Waals surface area contributed by atoms with Gasteiger partial charge in [-0.2, -0.15) is 0 Å². The molecule has 0 unspecified atom stereocenters. The normalized spacial score (nSPS) is 10.2. The van der Waals surface area contributed by atoms with Crippen LogP contribution in [0.4, 0.5) is 5.69 Å². The van der Waals surface area contributed by atoms with Crippen molar-refractivity contribution in [1.29, 1.82) is 0 Å². The monoisotopic (exact) mass is 234 g/mol. The van der Waals surface area contributed by atoms with Gasteiger partial charge >= 0.3 is 0 Å². The van der Waals surface area contributed by atoms with Crippen molar-refractivity contribution in [2.75, 3.05) is 5.73 Å². The van der Waals surface area contributed by atoms with Gasteiger partial charge in [-0.05, 0) is 18.1 Å². The molecule has 0 spiro atoms. The number of unbranched alkanes of at least 4 members (excludes halogenated alkanes) is 3. The number of hydrogen-bond donors (Lipinski definition) is 2. The topological polar surface area (TPSA) is 55.1 Å². The molecule has 1 amide bonds. The lowest BCUT2D eigenvalue weighted by Crippen LogP contribution is -2.22. The van der Waals surface area contributed by atoms with Gasteiger partial charge < -0.3 is 11.1 Å². The highest BCUT2D eigenvalue weighted by atomic mass is 16.1. The Hall–Kier alpha value is -1.51. The fourth-order valence-electron chi connectivity index (χ4n) is 1.69. The molecule has 0 heterocycles. The number of para-hydroxylation sites is 1. The summed E-state index contributed by atoms with van der Waals surface area (Å²) in [7, 11) is 0. The highest BCUT2D eigenvalue weighted by Crippen LogP contribution is 2.10. The SMILES string of the molecule is CCCCCCC(=O)NCc1ccccc1N. The van der Waals surface area contributed by atoms with E-state index in [1.54, 1.807) is 0 Å². The van der Waals surface area contributed by atoms with Crippen molar-refractivity contribution in [1.82, 2.24) is 5.32 Å². The van der Waals surface area contributed by atoms with Crippen LogP contribution in [-0.2, 0) is 11.3 Å². The smallest absolute Gasteiger partial charge is 0.220 e. The molecule has 0 saturated carbocycles. The summed E-state index contributed by atoms with van der Waals surface area (Å²) in [4.78, 5) is 11.5. The van der Waals surface area contributed by atoms with Gasteiger partial charge in [0.05, 0.1) is 0 Å². The molecule has 0 aliphatic carbocycles. The highest BCUT2D eigenvalue weighted by molar-refractivity contribution is 5.76. The Kier molecular flexibility index (Phi) is 6.15. The minimum absolute atomic E-state index is 0.115. The van der Waals surface area contributed by atoms with Crippen LogP contribution in [0.3, 0.4) is 0 Å². The summed E-state index contributed by atoms with van der Waals surface area (Å²) in [6.45, 7) is 2.69. The van der Waals surface area contributed by atoms with Gasteiger partial charge in [0.2, 0.25) is 5.91 Å². The van der Waals surface area contributed by atoms with Crippen LogP contribution in [0.25, 0.3) is 0 Å². The minimum Gasteiger partial charge on any atom is -0.398 e. The van der Waals surface area contributed by atoms with Crippen LogP contribution in [0.15, 0.2) is 24.3 Å². The van der Waals surface area contributed by atoms with E-state index in [9.17, 15) is 4.79 Å². The van der Waals surface area contributed by atoms with E-state index in [1.807, 2.05) is 24.3 Å². The second kappa shape index (κ2) is 7.71. The van der Waals surface area contributed by atoms with Crippen LogP contribution in [0.1, 0.15) is 44.6 Å². The predicted molar refractivity (Wildman–Crippen MR) is 71.5 cm³/mol. The number of hydrogen-bond acceptors (Lipinski definition) is 2. The van der Waals surface area contributed by atoms with Crippen LogP contribution in [0.2, 0.25) is 0 Å². The molecule has 94 valence electrons. The maximum atomic E-state index is 11.5. The third-order valence-corrected chi connectivity index (χ3v) is 2.79. The number of nitrogen functional groups attached to an aromatic ring is 1. The van der Waals surface area contributed by atoms with Crippen molar-refractivity contribution < 1.29 is 4.79 Å². The van der Waals surface area contributed by atoms with Crippen molar-refractivity contribution >= 4 is 11.6 Å². The van der Waals surface area contributed by atoms with Crippen LogP contribution in [0, 0.1) is 0 Å². The van der Waals surface area contributed by atoms with Crippen molar-refractivity contribution in [3.05, 3.63) is 29.8 Å². The molecule has 0 aliphatic rings. The number of nitrogens with one attached hydrogen (secondary N) is 1.